The summed E-state index contributed by atoms with van der Waals surface area (Å²) >= 11 is 0. The molecule has 0 aliphatic carbocycles. The summed E-state index contributed by atoms with van der Waals surface area (Å²) in [6.45, 7) is 2.13. The molecule has 7 heteroatoms. The van der Waals surface area contributed by atoms with Crippen molar-refractivity contribution in [2.75, 3.05) is 27.2 Å². The Kier molecular flexibility index (Phi) is 6.28. The van der Waals surface area contributed by atoms with Gasteiger partial charge in [-0.2, -0.15) is 0 Å². The van der Waals surface area contributed by atoms with Crippen molar-refractivity contribution in [3.63, 3.8) is 0 Å². The molecule has 2 heterocycles. The predicted octanol–water partition coefficient (Wildman–Crippen LogP) is 1.77. The third-order valence-electron chi connectivity index (χ3n) is 2.66. The highest BCUT2D eigenvalue weighted by Gasteiger charge is 2.07. The Balaban J connectivity index is 0.000000286. The zero-order valence-electron chi connectivity index (χ0n) is 11.7. The highest BCUT2D eigenvalue weighted by atomic mass is 16.4. The summed E-state index contributed by atoms with van der Waals surface area (Å²) in [6, 6.07) is 1.70. The van der Waals surface area contributed by atoms with E-state index in [1.807, 2.05) is 0 Å². The lowest BCUT2D eigenvalue weighted by atomic mass is 10.4. The van der Waals surface area contributed by atoms with Crippen molar-refractivity contribution in [3.05, 3.63) is 18.5 Å². The van der Waals surface area contributed by atoms with E-state index in [0.717, 1.165) is 18.0 Å². The maximum Gasteiger partial charge on any atom is 0.406 e. The third-order valence-corrected chi connectivity index (χ3v) is 2.66. The van der Waals surface area contributed by atoms with Crippen LogP contribution in [0.4, 0.5) is 10.5 Å². The number of carboxylic acid groups (broad SMARTS) is 1. The maximum absolute atomic E-state index is 9.62. The average Bonchev–Trinajstić information content (AvgIpc) is 2.91. The minimum Gasteiger partial charge on any atom is -0.504 e. The summed E-state index contributed by atoms with van der Waals surface area (Å²) in [5, 5.41) is 17.3. The standard InChI is InChI=1S/C10H13N3O.C3H7NO2/c14-10-7-11-4-3-9(10)12-8-13-5-1-2-6-13;1-4(2)3(5)6/h3-4,7-8,14H,1-2,5-6H2;1-2H3,(H,5,6)/b12-8+;. The monoisotopic (exact) mass is 280 g/mol. The fraction of sp³-hybridized carbons (Fsp3) is 0.462. The van der Waals surface area contributed by atoms with Crippen molar-refractivity contribution in [1.29, 1.82) is 0 Å². The van der Waals surface area contributed by atoms with Gasteiger partial charge in [0.05, 0.1) is 12.5 Å². The van der Waals surface area contributed by atoms with Gasteiger partial charge in [0.1, 0.15) is 5.69 Å². The molecule has 1 fully saturated rings. The van der Waals surface area contributed by atoms with Gasteiger partial charge in [0.2, 0.25) is 0 Å². The van der Waals surface area contributed by atoms with Crippen molar-refractivity contribution < 1.29 is 15.0 Å². The molecular weight excluding hydrogens is 260 g/mol. The van der Waals surface area contributed by atoms with E-state index < -0.39 is 6.09 Å². The smallest absolute Gasteiger partial charge is 0.406 e. The van der Waals surface area contributed by atoms with Crippen LogP contribution in [0.1, 0.15) is 12.8 Å². The summed E-state index contributed by atoms with van der Waals surface area (Å²) in [6.07, 6.45) is 6.37. The molecule has 1 amide bonds. The number of carbonyl (C=O) groups is 1. The number of aromatic nitrogens is 1. The molecule has 110 valence electrons. The predicted molar refractivity (Wildman–Crippen MR) is 76.6 cm³/mol. The van der Waals surface area contributed by atoms with Crippen molar-refractivity contribution in [1.82, 2.24) is 14.8 Å². The molecule has 2 N–H and O–H groups in total. The molecule has 1 aromatic rings. The van der Waals surface area contributed by atoms with E-state index in [-0.39, 0.29) is 5.75 Å². The minimum absolute atomic E-state index is 0.128. The highest BCUT2D eigenvalue weighted by molar-refractivity contribution is 5.64. The molecule has 1 saturated heterocycles. The number of hydrogen-bond acceptors (Lipinski definition) is 4. The van der Waals surface area contributed by atoms with E-state index in [1.54, 1.807) is 18.6 Å². The van der Waals surface area contributed by atoms with E-state index in [1.165, 1.54) is 33.1 Å². The van der Waals surface area contributed by atoms with Gasteiger partial charge in [-0.3, -0.25) is 4.98 Å². The van der Waals surface area contributed by atoms with E-state index in [0.29, 0.717) is 5.69 Å². The van der Waals surface area contributed by atoms with Crippen LogP contribution in [0.5, 0.6) is 5.75 Å². The van der Waals surface area contributed by atoms with Crippen molar-refractivity contribution in [2.45, 2.75) is 12.8 Å². The summed E-state index contributed by atoms with van der Waals surface area (Å²) < 4.78 is 0. The van der Waals surface area contributed by atoms with Gasteiger partial charge in [-0.1, -0.05) is 0 Å². The second-order valence-electron chi connectivity index (χ2n) is 4.53. The Bertz CT molecular complexity index is 457. The summed E-state index contributed by atoms with van der Waals surface area (Å²) in [7, 11) is 2.95. The first-order valence-electron chi connectivity index (χ1n) is 6.32. The summed E-state index contributed by atoms with van der Waals surface area (Å²) in [5.41, 5.74) is 0.576. The van der Waals surface area contributed by atoms with Crippen LogP contribution in [-0.2, 0) is 0 Å². The Hall–Kier alpha value is -2.31. The topological polar surface area (TPSA) is 89.3 Å². The molecule has 0 aromatic carbocycles. The zero-order chi connectivity index (χ0) is 15.0. The molecule has 1 aromatic heterocycles. The number of amides is 1. The minimum atomic E-state index is -0.907. The quantitative estimate of drug-likeness (QED) is 0.636. The lowest BCUT2D eigenvalue weighted by Gasteiger charge is -2.08. The fourth-order valence-corrected chi connectivity index (χ4v) is 1.49. The first-order chi connectivity index (χ1) is 9.50. The van der Waals surface area contributed by atoms with Crippen molar-refractivity contribution in [2.24, 2.45) is 4.99 Å². The van der Waals surface area contributed by atoms with Crippen molar-refractivity contribution >= 4 is 18.1 Å². The molecule has 1 aliphatic heterocycles. The van der Waals surface area contributed by atoms with Crippen LogP contribution in [0.15, 0.2) is 23.5 Å². The number of aliphatic imine (C=N–C) groups is 1. The first-order valence-corrected chi connectivity index (χ1v) is 6.32. The van der Waals surface area contributed by atoms with Crippen molar-refractivity contribution in [3.8, 4) is 5.75 Å². The molecule has 0 spiro atoms. The number of hydrogen-bond donors (Lipinski definition) is 2. The number of aromatic hydroxyl groups is 1. The molecule has 0 radical (unpaired) electrons. The van der Waals surface area contributed by atoms with Gasteiger partial charge in [0, 0.05) is 33.4 Å². The number of rotatable bonds is 2. The van der Waals surface area contributed by atoms with E-state index in [4.69, 9.17) is 5.11 Å². The van der Waals surface area contributed by atoms with E-state index >= 15 is 0 Å². The molecular formula is C13H20N4O3. The van der Waals surface area contributed by atoms with Gasteiger partial charge in [0.15, 0.2) is 5.75 Å². The SMILES string of the molecule is CN(C)C(=O)O.Oc1cnccc1/N=C/N1CCCC1. The van der Waals surface area contributed by atoms with Gasteiger partial charge in [0.25, 0.3) is 0 Å². The normalized spacial score (nSPS) is 14.0. The highest BCUT2D eigenvalue weighted by Crippen LogP contribution is 2.23. The van der Waals surface area contributed by atoms with Crippen LogP contribution in [-0.4, -0.2) is 64.6 Å². The van der Waals surface area contributed by atoms with Gasteiger partial charge in [-0.05, 0) is 18.9 Å². The molecule has 0 unspecified atom stereocenters. The first kappa shape index (κ1) is 15.7. The number of nitrogens with zero attached hydrogens (tertiary/aromatic N) is 4. The van der Waals surface area contributed by atoms with Crippen LogP contribution in [0, 0.1) is 0 Å². The fourth-order valence-electron chi connectivity index (χ4n) is 1.49. The van der Waals surface area contributed by atoms with E-state index in [2.05, 4.69) is 14.9 Å². The van der Waals surface area contributed by atoms with E-state index in [9.17, 15) is 9.90 Å². The van der Waals surface area contributed by atoms with Gasteiger partial charge >= 0.3 is 6.09 Å². The molecule has 2 rings (SSSR count). The Morgan fingerprint density at radius 1 is 1.45 bits per heavy atom. The Morgan fingerprint density at radius 2 is 2.05 bits per heavy atom. The Morgan fingerprint density at radius 3 is 2.55 bits per heavy atom. The number of likely N-dealkylation sites (tertiary alicyclic amines) is 1. The second-order valence-corrected chi connectivity index (χ2v) is 4.53. The molecule has 0 saturated carbocycles. The number of pyridine rings is 1. The third kappa shape index (κ3) is 5.55. The molecule has 7 nitrogen and oxygen atoms in total. The molecule has 1 aliphatic rings. The van der Waals surface area contributed by atoms with Gasteiger partial charge in [-0.25, -0.2) is 9.79 Å². The molecule has 20 heavy (non-hydrogen) atoms. The lowest BCUT2D eigenvalue weighted by Crippen LogP contribution is -2.18. The van der Waals surface area contributed by atoms with Crippen LogP contribution in [0.25, 0.3) is 0 Å². The average molecular weight is 280 g/mol. The second kappa shape index (κ2) is 7.98. The molecule has 0 atom stereocenters. The zero-order valence-corrected chi connectivity index (χ0v) is 11.7. The van der Waals surface area contributed by atoms with Crippen LogP contribution in [0.3, 0.4) is 0 Å². The van der Waals surface area contributed by atoms with Gasteiger partial charge < -0.3 is 20.0 Å². The largest absolute Gasteiger partial charge is 0.504 e. The lowest BCUT2D eigenvalue weighted by molar-refractivity contribution is 0.165. The molecule has 0 bridgehead atoms. The van der Waals surface area contributed by atoms with Crippen LogP contribution >= 0.6 is 0 Å². The van der Waals surface area contributed by atoms with Gasteiger partial charge in [-0.15, -0.1) is 0 Å². The Labute approximate surface area is 118 Å². The van der Waals surface area contributed by atoms with Crippen LogP contribution in [0.2, 0.25) is 0 Å². The van der Waals surface area contributed by atoms with Crippen LogP contribution < -0.4 is 0 Å². The summed E-state index contributed by atoms with van der Waals surface area (Å²) in [4.78, 5) is 20.8. The summed E-state index contributed by atoms with van der Waals surface area (Å²) in [5.74, 6) is 0.128. The maximum atomic E-state index is 9.62.